The van der Waals surface area contributed by atoms with Gasteiger partial charge in [-0.2, -0.15) is 8.42 Å². The molecule has 1 aliphatic rings. The smallest absolute Gasteiger partial charge is 0.311 e. The molecule has 1 aliphatic heterocycles. The molecule has 15 heteroatoms. The van der Waals surface area contributed by atoms with Gasteiger partial charge in [-0.05, 0) is 62.6 Å². The van der Waals surface area contributed by atoms with Crippen molar-refractivity contribution in [1.29, 1.82) is 0 Å². The van der Waals surface area contributed by atoms with E-state index in [1.807, 2.05) is 20.8 Å². The standard InChI is InChI=1S/C39H59N3O11S/c1-24(2)33(31(44)19-25(3)34(46)40-28-16-14-26(15-17-28)22-53-37(49)39(7,8)9)41-35(47)27(23-54(50,51)52)20-29(43)13-11-10-12-18-42-32(45)21-30(36(42)48)38(4,5)6/h14-17,24-25,27,30,33H,10-13,18-23H2,1-9H3,(H,40,46)(H,41,47)(H,50,51,52)/t25-,27+,30?,33+/m1/s1. The van der Waals surface area contributed by atoms with Gasteiger partial charge in [-0.3, -0.25) is 43.0 Å². The van der Waals surface area contributed by atoms with Crippen LogP contribution in [0.2, 0.25) is 0 Å². The second-order valence-electron chi connectivity index (χ2n) is 16.8. The van der Waals surface area contributed by atoms with E-state index in [0.717, 1.165) is 5.56 Å². The molecule has 1 unspecified atom stereocenters. The predicted molar refractivity (Wildman–Crippen MR) is 202 cm³/mol. The molecule has 0 aliphatic carbocycles. The minimum Gasteiger partial charge on any atom is -0.460 e. The number of amides is 4. The SMILES string of the molecule is CC(C)[C@H](NC(=O)[C@@H](CC(=O)CCCCCN1C(=O)CC(C(C)(C)C)C1=O)CS(=O)(=O)O)C(=O)C[C@@H](C)C(=O)Nc1ccc(COC(=O)C(C)(C)C)cc1. The summed E-state index contributed by atoms with van der Waals surface area (Å²) >= 11 is 0. The summed E-state index contributed by atoms with van der Waals surface area (Å²) in [6, 6.07) is 5.57. The van der Waals surface area contributed by atoms with E-state index < -0.39 is 74.9 Å². The first-order valence-electron chi connectivity index (χ1n) is 18.5. The zero-order valence-electron chi connectivity index (χ0n) is 33.2. The van der Waals surface area contributed by atoms with E-state index in [4.69, 9.17) is 4.74 Å². The Morgan fingerprint density at radius 2 is 1.52 bits per heavy atom. The molecule has 4 amide bonds. The number of anilines is 1. The van der Waals surface area contributed by atoms with Crippen molar-refractivity contribution in [3.8, 4) is 0 Å². The number of carbonyl (C=O) groups is 7. The molecule has 302 valence electrons. The van der Waals surface area contributed by atoms with Crippen molar-refractivity contribution in [3.05, 3.63) is 29.8 Å². The van der Waals surface area contributed by atoms with E-state index in [1.165, 1.54) is 4.90 Å². The number of imide groups is 1. The lowest BCUT2D eigenvalue weighted by Gasteiger charge is -2.25. The van der Waals surface area contributed by atoms with Gasteiger partial charge in [0.1, 0.15) is 12.4 Å². The van der Waals surface area contributed by atoms with Gasteiger partial charge in [0.25, 0.3) is 10.1 Å². The van der Waals surface area contributed by atoms with Gasteiger partial charge in [0, 0.05) is 43.8 Å². The number of likely N-dealkylation sites (tertiary alicyclic amines) is 1. The van der Waals surface area contributed by atoms with Gasteiger partial charge in [-0.15, -0.1) is 0 Å². The number of hydrogen-bond acceptors (Lipinski definition) is 10. The Morgan fingerprint density at radius 3 is 2.04 bits per heavy atom. The summed E-state index contributed by atoms with van der Waals surface area (Å²) in [5.41, 5.74) is 0.209. The number of unbranched alkanes of at least 4 members (excludes halogenated alkanes) is 2. The van der Waals surface area contributed by atoms with Gasteiger partial charge in [-0.25, -0.2) is 0 Å². The maximum atomic E-state index is 13.3. The predicted octanol–water partition coefficient (Wildman–Crippen LogP) is 4.90. The highest BCUT2D eigenvalue weighted by Gasteiger charge is 2.44. The molecule has 0 saturated carbocycles. The van der Waals surface area contributed by atoms with E-state index in [1.54, 1.807) is 65.8 Å². The molecule has 0 radical (unpaired) electrons. The Morgan fingerprint density at radius 1 is 0.907 bits per heavy atom. The Labute approximate surface area is 319 Å². The zero-order chi connectivity index (χ0) is 41.2. The summed E-state index contributed by atoms with van der Waals surface area (Å²) < 4.78 is 38.5. The number of nitrogens with one attached hydrogen (secondary N) is 2. The summed E-state index contributed by atoms with van der Waals surface area (Å²) in [6.07, 6.45) is 0.810. The molecule has 2 rings (SSSR count). The van der Waals surface area contributed by atoms with E-state index >= 15 is 0 Å². The van der Waals surface area contributed by atoms with Crippen molar-refractivity contribution >= 4 is 57.0 Å². The average molecular weight is 778 g/mol. The highest BCUT2D eigenvalue weighted by molar-refractivity contribution is 7.85. The second kappa shape index (κ2) is 19.6. The number of benzene rings is 1. The molecule has 0 aromatic heterocycles. The fourth-order valence-corrected chi connectivity index (χ4v) is 6.73. The molecular formula is C39H59N3O11S. The van der Waals surface area contributed by atoms with Crippen molar-refractivity contribution in [3.63, 3.8) is 0 Å². The van der Waals surface area contributed by atoms with Crippen LogP contribution in [-0.4, -0.2) is 77.4 Å². The number of rotatable bonds is 20. The molecule has 1 aromatic rings. The summed E-state index contributed by atoms with van der Waals surface area (Å²) in [6.45, 7) is 16.2. The maximum absolute atomic E-state index is 13.3. The molecule has 4 atom stereocenters. The van der Waals surface area contributed by atoms with Crippen molar-refractivity contribution < 1.29 is 51.3 Å². The van der Waals surface area contributed by atoms with Gasteiger partial charge < -0.3 is 15.4 Å². The van der Waals surface area contributed by atoms with Gasteiger partial charge in [0.15, 0.2) is 5.78 Å². The second-order valence-corrected chi connectivity index (χ2v) is 18.3. The third kappa shape index (κ3) is 15.0. The topological polar surface area (TPSA) is 210 Å². The molecule has 14 nitrogen and oxygen atoms in total. The molecule has 0 bridgehead atoms. The lowest BCUT2D eigenvalue weighted by atomic mass is 9.80. The normalized spacial score (nSPS) is 16.9. The number of carbonyl (C=O) groups excluding carboxylic acids is 7. The van der Waals surface area contributed by atoms with E-state index in [2.05, 4.69) is 10.6 Å². The van der Waals surface area contributed by atoms with Crippen LogP contribution < -0.4 is 10.6 Å². The Bertz CT molecular complexity index is 1640. The van der Waals surface area contributed by atoms with Crippen LogP contribution in [0.4, 0.5) is 5.69 Å². The monoisotopic (exact) mass is 777 g/mol. The van der Waals surface area contributed by atoms with Gasteiger partial charge in [0.05, 0.1) is 29.0 Å². The van der Waals surface area contributed by atoms with E-state index in [9.17, 15) is 46.5 Å². The number of esters is 1. The fourth-order valence-electron chi connectivity index (χ4n) is 5.95. The lowest BCUT2D eigenvalue weighted by Crippen LogP contribution is -2.48. The number of Topliss-reactive ketones (excluding diaryl/α,β-unsaturated/α-hetero) is 2. The molecular weight excluding hydrogens is 719 g/mol. The quantitative estimate of drug-likeness (QED) is 0.0702. The van der Waals surface area contributed by atoms with Crippen LogP contribution in [0.5, 0.6) is 0 Å². The first-order chi connectivity index (χ1) is 24.8. The minimum absolute atomic E-state index is 0.00825. The summed E-state index contributed by atoms with van der Waals surface area (Å²) in [5.74, 6) is -7.11. The van der Waals surface area contributed by atoms with E-state index in [0.29, 0.717) is 24.9 Å². The van der Waals surface area contributed by atoms with Crippen molar-refractivity contribution in [2.45, 2.75) is 120 Å². The van der Waals surface area contributed by atoms with Crippen LogP contribution in [-0.2, 0) is 55.0 Å². The van der Waals surface area contributed by atoms with Gasteiger partial charge in [0.2, 0.25) is 23.6 Å². The summed E-state index contributed by atoms with van der Waals surface area (Å²) in [4.78, 5) is 90.8. The first kappa shape index (κ1) is 46.2. The number of nitrogens with zero attached hydrogens (tertiary/aromatic N) is 1. The van der Waals surface area contributed by atoms with Gasteiger partial charge >= 0.3 is 5.97 Å². The van der Waals surface area contributed by atoms with Crippen molar-refractivity contribution in [2.24, 2.45) is 34.5 Å². The third-order valence-electron chi connectivity index (χ3n) is 9.35. The van der Waals surface area contributed by atoms with Crippen LogP contribution in [0, 0.1) is 34.5 Å². The Kier molecular flexibility index (Phi) is 16.7. The molecule has 3 N–H and O–H groups in total. The van der Waals surface area contributed by atoms with Crippen LogP contribution in [0.25, 0.3) is 0 Å². The van der Waals surface area contributed by atoms with E-state index in [-0.39, 0.29) is 61.5 Å². The summed E-state index contributed by atoms with van der Waals surface area (Å²) in [5, 5.41) is 5.29. The third-order valence-corrected chi connectivity index (χ3v) is 10.2. The van der Waals surface area contributed by atoms with Crippen LogP contribution in [0.15, 0.2) is 24.3 Å². The Balaban J connectivity index is 1.93. The number of ketones is 2. The number of ether oxygens (including phenoxy) is 1. The molecule has 1 aromatic carbocycles. The molecule has 0 spiro atoms. The molecule has 1 heterocycles. The van der Waals surface area contributed by atoms with Crippen molar-refractivity contribution in [2.75, 3.05) is 17.6 Å². The van der Waals surface area contributed by atoms with Crippen LogP contribution in [0.3, 0.4) is 0 Å². The highest BCUT2D eigenvalue weighted by atomic mass is 32.2. The lowest BCUT2D eigenvalue weighted by molar-refractivity contribution is -0.154. The maximum Gasteiger partial charge on any atom is 0.311 e. The highest BCUT2D eigenvalue weighted by Crippen LogP contribution is 2.35. The molecule has 54 heavy (non-hydrogen) atoms. The zero-order valence-corrected chi connectivity index (χ0v) is 34.0. The Hall–Kier alpha value is -3.98. The average Bonchev–Trinajstić information content (AvgIpc) is 3.33. The number of hydrogen-bond donors (Lipinski definition) is 3. The van der Waals surface area contributed by atoms with Crippen LogP contribution in [0.1, 0.15) is 113 Å². The fraction of sp³-hybridized carbons (Fsp3) is 0.667. The largest absolute Gasteiger partial charge is 0.460 e. The van der Waals surface area contributed by atoms with Gasteiger partial charge in [-0.1, -0.05) is 60.1 Å². The first-order valence-corrected chi connectivity index (χ1v) is 20.1. The molecule has 1 saturated heterocycles. The summed E-state index contributed by atoms with van der Waals surface area (Å²) in [7, 11) is -4.67. The minimum atomic E-state index is -4.67. The molecule has 1 fully saturated rings. The van der Waals surface area contributed by atoms with Crippen molar-refractivity contribution in [1.82, 2.24) is 10.2 Å². The van der Waals surface area contributed by atoms with Crippen LogP contribution >= 0.6 is 0 Å².